The number of nitrogens with zero attached hydrogens (tertiary/aromatic N) is 3. The molecule has 29 heavy (non-hydrogen) atoms. The van der Waals surface area contributed by atoms with Gasteiger partial charge < -0.3 is 4.90 Å². The molecule has 2 saturated heterocycles. The van der Waals surface area contributed by atoms with Gasteiger partial charge in [0.25, 0.3) is 0 Å². The number of carbonyl (C=O) groups is 1. The van der Waals surface area contributed by atoms with Crippen LogP contribution in [-0.2, 0) is 14.8 Å². The molecule has 0 N–H and O–H groups in total. The predicted molar refractivity (Wildman–Crippen MR) is 114 cm³/mol. The maximum atomic E-state index is 13.0. The first-order valence-electron chi connectivity index (χ1n) is 10.3. The molecular formula is C20H27Cl2N3O3S. The summed E-state index contributed by atoms with van der Waals surface area (Å²) in [5.41, 5.74) is 0. The second-order valence-electron chi connectivity index (χ2n) is 8.30. The molecule has 0 spiro atoms. The average Bonchev–Trinajstić information content (AvgIpc) is 3.52. The summed E-state index contributed by atoms with van der Waals surface area (Å²) in [5, 5.41) is 0.250. The van der Waals surface area contributed by atoms with E-state index < -0.39 is 10.0 Å². The number of hydrogen-bond acceptors (Lipinski definition) is 4. The number of amides is 1. The number of benzene rings is 1. The molecule has 1 amide bonds. The van der Waals surface area contributed by atoms with Gasteiger partial charge in [-0.05, 0) is 43.7 Å². The maximum absolute atomic E-state index is 13.0. The Morgan fingerprint density at radius 1 is 0.931 bits per heavy atom. The zero-order chi connectivity index (χ0) is 20.6. The Balaban J connectivity index is 1.32. The predicted octanol–water partition coefficient (Wildman–Crippen LogP) is 2.95. The fourth-order valence-corrected chi connectivity index (χ4v) is 6.84. The number of carbonyl (C=O) groups excluding carboxylic acids is 1. The van der Waals surface area contributed by atoms with E-state index in [9.17, 15) is 13.2 Å². The van der Waals surface area contributed by atoms with Crippen molar-refractivity contribution in [2.75, 3.05) is 45.8 Å². The van der Waals surface area contributed by atoms with Crippen LogP contribution in [-0.4, -0.2) is 74.2 Å². The Morgan fingerprint density at radius 3 is 2.07 bits per heavy atom. The van der Waals surface area contributed by atoms with Crippen molar-refractivity contribution in [2.24, 2.45) is 11.8 Å². The van der Waals surface area contributed by atoms with E-state index in [1.165, 1.54) is 35.8 Å². The van der Waals surface area contributed by atoms with Gasteiger partial charge in [0.2, 0.25) is 15.9 Å². The van der Waals surface area contributed by atoms with Crippen molar-refractivity contribution in [1.29, 1.82) is 0 Å². The van der Waals surface area contributed by atoms with Crippen molar-refractivity contribution in [3.8, 4) is 0 Å². The molecule has 6 nitrogen and oxygen atoms in total. The standard InChI is InChI=1S/C20H27Cl2N3O3S/c21-17-2-1-3-18(22)19(17)29(27,28)25-8-6-16(7-9-25)20(26)24-12-10-23(11-13-24)14-15-4-5-15/h1-3,15-16H,4-14H2. The summed E-state index contributed by atoms with van der Waals surface area (Å²) in [4.78, 5) is 17.3. The molecule has 3 fully saturated rings. The van der Waals surface area contributed by atoms with Crippen molar-refractivity contribution >= 4 is 39.1 Å². The number of piperidine rings is 1. The SMILES string of the molecule is O=C(C1CCN(S(=O)(=O)c2c(Cl)cccc2Cl)CC1)N1CCN(CC2CC2)CC1. The molecule has 0 unspecified atom stereocenters. The molecule has 1 aromatic rings. The minimum absolute atomic E-state index is 0.0418. The van der Waals surface area contributed by atoms with Gasteiger partial charge in [0.15, 0.2) is 0 Å². The van der Waals surface area contributed by atoms with Crippen LogP contribution in [0.5, 0.6) is 0 Å². The van der Waals surface area contributed by atoms with Crippen molar-refractivity contribution in [3.63, 3.8) is 0 Å². The van der Waals surface area contributed by atoms with Gasteiger partial charge in [0, 0.05) is 51.7 Å². The fourth-order valence-electron chi connectivity index (χ4n) is 4.28. The van der Waals surface area contributed by atoms with Gasteiger partial charge in [0.1, 0.15) is 4.90 Å². The van der Waals surface area contributed by atoms with E-state index >= 15 is 0 Å². The number of sulfonamides is 1. The van der Waals surface area contributed by atoms with Crippen molar-refractivity contribution in [3.05, 3.63) is 28.2 Å². The molecule has 9 heteroatoms. The van der Waals surface area contributed by atoms with Crippen LogP contribution in [0, 0.1) is 11.8 Å². The summed E-state index contributed by atoms with van der Waals surface area (Å²) in [6, 6.07) is 4.68. The van der Waals surface area contributed by atoms with Crippen molar-refractivity contribution in [1.82, 2.24) is 14.1 Å². The molecule has 0 radical (unpaired) electrons. The van der Waals surface area contributed by atoms with Gasteiger partial charge in [-0.25, -0.2) is 8.42 Å². The van der Waals surface area contributed by atoms with E-state index in [-0.39, 0.29) is 26.8 Å². The molecule has 1 saturated carbocycles. The smallest absolute Gasteiger partial charge is 0.246 e. The van der Waals surface area contributed by atoms with E-state index in [0.717, 1.165) is 32.1 Å². The summed E-state index contributed by atoms with van der Waals surface area (Å²) in [6.07, 6.45) is 3.75. The zero-order valence-electron chi connectivity index (χ0n) is 16.4. The monoisotopic (exact) mass is 459 g/mol. The van der Waals surface area contributed by atoms with Gasteiger partial charge in [-0.1, -0.05) is 29.3 Å². The highest BCUT2D eigenvalue weighted by atomic mass is 35.5. The van der Waals surface area contributed by atoms with Crippen LogP contribution in [0.3, 0.4) is 0 Å². The summed E-state index contributed by atoms with van der Waals surface area (Å²) >= 11 is 12.2. The molecule has 2 heterocycles. The number of halogens is 2. The quantitative estimate of drug-likeness (QED) is 0.678. The summed E-state index contributed by atoms with van der Waals surface area (Å²) in [5.74, 6) is 0.928. The lowest BCUT2D eigenvalue weighted by molar-refractivity contribution is -0.138. The fraction of sp³-hybridized carbons (Fsp3) is 0.650. The van der Waals surface area contributed by atoms with Gasteiger partial charge in [-0.15, -0.1) is 0 Å². The van der Waals surface area contributed by atoms with E-state index in [1.807, 2.05) is 4.90 Å². The van der Waals surface area contributed by atoms with Crippen LogP contribution in [0.15, 0.2) is 23.1 Å². The maximum Gasteiger partial charge on any atom is 0.246 e. The van der Waals surface area contributed by atoms with Crippen LogP contribution in [0.4, 0.5) is 0 Å². The first-order valence-corrected chi connectivity index (χ1v) is 12.5. The topological polar surface area (TPSA) is 60.9 Å². The van der Waals surface area contributed by atoms with E-state index in [2.05, 4.69) is 4.90 Å². The molecular weight excluding hydrogens is 433 g/mol. The third kappa shape index (κ3) is 4.74. The highest BCUT2D eigenvalue weighted by molar-refractivity contribution is 7.89. The van der Waals surface area contributed by atoms with Crippen LogP contribution < -0.4 is 0 Å². The Bertz CT molecular complexity index is 839. The largest absolute Gasteiger partial charge is 0.340 e. The van der Waals surface area contributed by atoms with Gasteiger partial charge in [-0.3, -0.25) is 9.69 Å². The van der Waals surface area contributed by atoms with Crippen molar-refractivity contribution in [2.45, 2.75) is 30.6 Å². The number of piperazine rings is 1. The highest BCUT2D eigenvalue weighted by Gasteiger charge is 2.36. The molecule has 0 atom stereocenters. The Hall–Kier alpha value is -0.860. The molecule has 3 aliphatic rings. The second-order valence-corrected chi connectivity index (χ2v) is 11.0. The second kappa shape index (κ2) is 8.71. The lowest BCUT2D eigenvalue weighted by atomic mass is 9.96. The Morgan fingerprint density at radius 2 is 1.52 bits per heavy atom. The first kappa shape index (κ1) is 21.4. The van der Waals surface area contributed by atoms with Crippen LogP contribution in [0.25, 0.3) is 0 Å². The van der Waals surface area contributed by atoms with Crippen molar-refractivity contribution < 1.29 is 13.2 Å². The normalized spacial score (nSPS) is 22.8. The van der Waals surface area contributed by atoms with Crippen LogP contribution in [0.2, 0.25) is 10.0 Å². The lowest BCUT2D eigenvalue weighted by Crippen LogP contribution is -2.52. The molecule has 1 aliphatic carbocycles. The molecule has 0 aromatic heterocycles. The third-order valence-corrected chi connectivity index (χ3v) is 9.07. The number of hydrogen-bond donors (Lipinski definition) is 0. The van der Waals surface area contributed by atoms with Crippen LogP contribution >= 0.6 is 23.2 Å². The Labute approximate surface area is 182 Å². The van der Waals surface area contributed by atoms with Gasteiger partial charge in [-0.2, -0.15) is 4.31 Å². The summed E-state index contributed by atoms with van der Waals surface area (Å²) in [7, 11) is -3.77. The Kier molecular flexibility index (Phi) is 6.42. The summed E-state index contributed by atoms with van der Waals surface area (Å²) in [6.45, 7) is 5.23. The zero-order valence-corrected chi connectivity index (χ0v) is 18.7. The van der Waals surface area contributed by atoms with E-state index in [4.69, 9.17) is 23.2 Å². The van der Waals surface area contributed by atoms with Gasteiger partial charge >= 0.3 is 0 Å². The third-order valence-electron chi connectivity index (χ3n) is 6.22. The van der Waals surface area contributed by atoms with Crippen LogP contribution in [0.1, 0.15) is 25.7 Å². The van der Waals surface area contributed by atoms with E-state index in [1.54, 1.807) is 6.07 Å². The number of rotatable bonds is 5. The molecule has 0 bridgehead atoms. The van der Waals surface area contributed by atoms with E-state index in [0.29, 0.717) is 25.9 Å². The molecule has 2 aliphatic heterocycles. The molecule has 160 valence electrons. The minimum Gasteiger partial charge on any atom is -0.340 e. The molecule has 1 aromatic carbocycles. The van der Waals surface area contributed by atoms with Gasteiger partial charge in [0.05, 0.1) is 10.0 Å². The minimum atomic E-state index is -3.77. The highest BCUT2D eigenvalue weighted by Crippen LogP contribution is 2.34. The molecule has 4 rings (SSSR count). The summed E-state index contributed by atoms with van der Waals surface area (Å²) < 4.78 is 27.4. The first-order chi connectivity index (χ1) is 13.9. The lowest BCUT2D eigenvalue weighted by Gasteiger charge is -2.38. The average molecular weight is 460 g/mol.